The van der Waals surface area contributed by atoms with Crippen molar-refractivity contribution in [1.29, 1.82) is 0 Å². The fraction of sp³-hybridized carbons (Fsp3) is 0.467. The molecular weight excluding hydrogens is 240 g/mol. The first-order valence-electron chi connectivity index (χ1n) is 6.68. The van der Waals surface area contributed by atoms with Gasteiger partial charge in [0.15, 0.2) is 0 Å². The number of likely N-dealkylation sites (N-methyl/N-ethyl adjacent to an activating group) is 1. The number of hydrogen-bond acceptors (Lipinski definition) is 2. The Bertz CT molecular complexity index is 499. The van der Waals surface area contributed by atoms with E-state index in [1.165, 1.54) is 0 Å². The van der Waals surface area contributed by atoms with Crippen LogP contribution in [0.3, 0.4) is 0 Å². The molecule has 4 heteroatoms. The highest BCUT2D eigenvalue weighted by Gasteiger charge is 2.34. The third kappa shape index (κ3) is 2.62. The van der Waals surface area contributed by atoms with Crippen molar-refractivity contribution in [3.05, 3.63) is 35.4 Å². The highest BCUT2D eigenvalue weighted by Crippen LogP contribution is 2.29. The smallest absolute Gasteiger partial charge is 0.247 e. The maximum Gasteiger partial charge on any atom is 0.247 e. The number of benzene rings is 1. The predicted molar refractivity (Wildman–Crippen MR) is 73.6 cm³/mol. The molecule has 0 spiro atoms. The number of nitrogens with one attached hydrogen (secondary N) is 1. The predicted octanol–water partition coefficient (Wildman–Crippen LogP) is 1.66. The fourth-order valence-electron chi connectivity index (χ4n) is 2.34. The summed E-state index contributed by atoms with van der Waals surface area (Å²) in [5, 5.41) is 2.96. The lowest BCUT2D eigenvalue weighted by molar-refractivity contribution is -0.140. The summed E-state index contributed by atoms with van der Waals surface area (Å²) in [6.07, 6.45) is 1.25. The summed E-state index contributed by atoms with van der Waals surface area (Å²) in [5.74, 6) is -0.111. The van der Waals surface area contributed by atoms with Crippen molar-refractivity contribution in [1.82, 2.24) is 10.2 Å². The molecule has 1 aromatic rings. The molecule has 2 atom stereocenters. The molecule has 0 bridgehead atoms. The number of hydrogen-bond donors (Lipinski definition) is 1. The van der Waals surface area contributed by atoms with Crippen LogP contribution in [-0.4, -0.2) is 29.8 Å². The molecule has 102 valence electrons. The molecule has 1 aliphatic rings. The van der Waals surface area contributed by atoms with Crippen LogP contribution in [0, 0.1) is 0 Å². The van der Waals surface area contributed by atoms with E-state index in [0.717, 1.165) is 17.5 Å². The Kier molecular flexibility index (Phi) is 3.88. The highest BCUT2D eigenvalue weighted by atomic mass is 16.2. The summed E-state index contributed by atoms with van der Waals surface area (Å²) in [4.78, 5) is 25.9. The van der Waals surface area contributed by atoms with Gasteiger partial charge in [0.25, 0.3) is 0 Å². The van der Waals surface area contributed by atoms with E-state index in [9.17, 15) is 9.59 Å². The molecule has 0 aliphatic carbocycles. The molecule has 1 N–H and O–H groups in total. The summed E-state index contributed by atoms with van der Waals surface area (Å²) in [7, 11) is 1.69. The summed E-state index contributed by atoms with van der Waals surface area (Å²) in [6.45, 7) is 3.99. The van der Waals surface area contributed by atoms with E-state index < -0.39 is 6.04 Å². The SMILES string of the molecule is CC[C@H](C)NC(=O)[C@@H]1c2ccccc2CC(=O)N1C. The number of carbonyl (C=O) groups excluding carboxylic acids is 2. The molecule has 4 nitrogen and oxygen atoms in total. The van der Waals surface area contributed by atoms with E-state index in [-0.39, 0.29) is 17.9 Å². The van der Waals surface area contributed by atoms with Gasteiger partial charge in [-0.1, -0.05) is 31.2 Å². The first-order chi connectivity index (χ1) is 9.04. The first kappa shape index (κ1) is 13.6. The number of nitrogens with zero attached hydrogens (tertiary/aromatic N) is 1. The van der Waals surface area contributed by atoms with E-state index in [2.05, 4.69) is 5.32 Å². The Morgan fingerprint density at radius 3 is 2.84 bits per heavy atom. The molecule has 0 saturated heterocycles. The molecule has 19 heavy (non-hydrogen) atoms. The monoisotopic (exact) mass is 260 g/mol. The van der Waals surface area contributed by atoms with Crippen LogP contribution in [0.5, 0.6) is 0 Å². The van der Waals surface area contributed by atoms with Crippen LogP contribution >= 0.6 is 0 Å². The van der Waals surface area contributed by atoms with Crippen molar-refractivity contribution in [2.45, 2.75) is 38.8 Å². The first-order valence-corrected chi connectivity index (χ1v) is 6.68. The second-order valence-electron chi connectivity index (χ2n) is 5.10. The van der Waals surface area contributed by atoms with Crippen LogP contribution in [0.15, 0.2) is 24.3 Å². The molecule has 2 rings (SSSR count). The number of fused-ring (bicyclic) bond motifs is 1. The number of amides is 2. The summed E-state index contributed by atoms with van der Waals surface area (Å²) >= 11 is 0. The Morgan fingerprint density at radius 1 is 1.47 bits per heavy atom. The number of rotatable bonds is 3. The van der Waals surface area contributed by atoms with Crippen molar-refractivity contribution in [3.8, 4) is 0 Å². The molecular formula is C15H20N2O2. The number of carbonyl (C=O) groups is 2. The van der Waals surface area contributed by atoms with Gasteiger partial charge in [-0.05, 0) is 24.5 Å². The standard InChI is InChI=1S/C15H20N2O2/c1-4-10(2)16-15(19)14-12-8-6-5-7-11(12)9-13(18)17(14)3/h5-8,10,14H,4,9H2,1-3H3,(H,16,19)/t10-,14-/m0/s1. The van der Waals surface area contributed by atoms with E-state index in [0.29, 0.717) is 6.42 Å². The summed E-state index contributed by atoms with van der Waals surface area (Å²) < 4.78 is 0. The third-order valence-electron chi connectivity index (χ3n) is 3.72. The zero-order valence-corrected chi connectivity index (χ0v) is 11.6. The van der Waals surface area contributed by atoms with Gasteiger partial charge in [0, 0.05) is 13.1 Å². The minimum atomic E-state index is -0.508. The maximum absolute atomic E-state index is 12.4. The van der Waals surface area contributed by atoms with Crippen LogP contribution in [0.2, 0.25) is 0 Å². The summed E-state index contributed by atoms with van der Waals surface area (Å²) in [5.41, 5.74) is 1.89. The highest BCUT2D eigenvalue weighted by molar-refractivity contribution is 5.92. The van der Waals surface area contributed by atoms with E-state index >= 15 is 0 Å². The molecule has 0 aromatic heterocycles. The Balaban J connectivity index is 2.32. The molecule has 2 amide bonds. The molecule has 0 fully saturated rings. The minimum Gasteiger partial charge on any atom is -0.352 e. The van der Waals surface area contributed by atoms with E-state index in [4.69, 9.17) is 0 Å². The summed E-state index contributed by atoms with van der Waals surface area (Å²) in [6, 6.07) is 7.27. The molecule has 1 aliphatic heterocycles. The normalized spacial score (nSPS) is 19.8. The van der Waals surface area contributed by atoms with Gasteiger partial charge in [-0.15, -0.1) is 0 Å². The topological polar surface area (TPSA) is 49.4 Å². The minimum absolute atomic E-state index is 0.0111. The lowest BCUT2D eigenvalue weighted by Gasteiger charge is -2.34. The second kappa shape index (κ2) is 5.43. The van der Waals surface area contributed by atoms with E-state index in [1.54, 1.807) is 11.9 Å². The zero-order chi connectivity index (χ0) is 14.0. The quantitative estimate of drug-likeness (QED) is 0.898. The third-order valence-corrected chi connectivity index (χ3v) is 3.72. The molecule has 0 saturated carbocycles. The van der Waals surface area contributed by atoms with Gasteiger partial charge in [0.2, 0.25) is 11.8 Å². The zero-order valence-electron chi connectivity index (χ0n) is 11.6. The molecule has 0 radical (unpaired) electrons. The van der Waals surface area contributed by atoms with Gasteiger partial charge in [-0.3, -0.25) is 9.59 Å². The van der Waals surface area contributed by atoms with Crippen LogP contribution in [0.25, 0.3) is 0 Å². The van der Waals surface area contributed by atoms with Crippen molar-refractivity contribution in [2.24, 2.45) is 0 Å². The maximum atomic E-state index is 12.4. The van der Waals surface area contributed by atoms with Gasteiger partial charge in [0.1, 0.15) is 6.04 Å². The molecule has 1 aromatic carbocycles. The fourth-order valence-corrected chi connectivity index (χ4v) is 2.34. The van der Waals surface area contributed by atoms with Crippen molar-refractivity contribution < 1.29 is 9.59 Å². The van der Waals surface area contributed by atoms with Gasteiger partial charge in [-0.2, -0.15) is 0 Å². The van der Waals surface area contributed by atoms with Crippen LogP contribution in [0.4, 0.5) is 0 Å². The van der Waals surface area contributed by atoms with Gasteiger partial charge >= 0.3 is 0 Å². The average molecular weight is 260 g/mol. The van der Waals surface area contributed by atoms with Crippen LogP contribution in [0.1, 0.15) is 37.4 Å². The Labute approximate surface area is 113 Å². The average Bonchev–Trinajstić information content (AvgIpc) is 2.39. The van der Waals surface area contributed by atoms with E-state index in [1.807, 2.05) is 38.1 Å². The van der Waals surface area contributed by atoms with Crippen LogP contribution in [-0.2, 0) is 16.0 Å². The lowest BCUT2D eigenvalue weighted by Crippen LogP contribution is -2.47. The van der Waals surface area contributed by atoms with Crippen molar-refractivity contribution >= 4 is 11.8 Å². The molecule has 1 heterocycles. The van der Waals surface area contributed by atoms with Gasteiger partial charge < -0.3 is 10.2 Å². The van der Waals surface area contributed by atoms with Crippen molar-refractivity contribution in [3.63, 3.8) is 0 Å². The van der Waals surface area contributed by atoms with Gasteiger partial charge in [-0.25, -0.2) is 0 Å². The second-order valence-corrected chi connectivity index (χ2v) is 5.10. The van der Waals surface area contributed by atoms with Gasteiger partial charge in [0.05, 0.1) is 6.42 Å². The van der Waals surface area contributed by atoms with Crippen molar-refractivity contribution in [2.75, 3.05) is 7.05 Å². The molecule has 0 unspecified atom stereocenters. The lowest BCUT2D eigenvalue weighted by atomic mass is 9.92. The Morgan fingerprint density at radius 2 is 2.16 bits per heavy atom. The Hall–Kier alpha value is -1.84. The largest absolute Gasteiger partial charge is 0.352 e. The van der Waals surface area contributed by atoms with Crippen LogP contribution < -0.4 is 5.32 Å².